The van der Waals surface area contributed by atoms with Crippen LogP contribution in [-0.2, 0) is 0 Å². The van der Waals surface area contributed by atoms with Gasteiger partial charge in [-0.15, -0.1) is 0 Å². The molecule has 0 aliphatic heterocycles. The van der Waals surface area contributed by atoms with Crippen LogP contribution in [-0.4, -0.2) is 25.5 Å². The maximum Gasteiger partial charge on any atom is 0.184 e. The Labute approximate surface area is 86.8 Å². The number of ether oxygens (including phenoxy) is 2. The molecule has 4 heteroatoms. The van der Waals surface area contributed by atoms with Crippen LogP contribution in [0.4, 0.5) is 0 Å². The van der Waals surface area contributed by atoms with Crippen LogP contribution >= 0.6 is 0 Å². The molecule has 78 valence electrons. The van der Waals surface area contributed by atoms with Crippen molar-refractivity contribution in [1.29, 1.82) is 0 Å². The molecule has 0 fully saturated rings. The zero-order chi connectivity index (χ0) is 10.8. The third-order valence-corrected chi connectivity index (χ3v) is 2.36. The van der Waals surface area contributed by atoms with Crippen LogP contribution in [0.5, 0.6) is 11.5 Å². The second kappa shape index (κ2) is 3.65. The zero-order valence-corrected chi connectivity index (χ0v) is 8.53. The fourth-order valence-corrected chi connectivity index (χ4v) is 1.64. The summed E-state index contributed by atoms with van der Waals surface area (Å²) < 4.78 is 10.4. The third-order valence-electron chi connectivity index (χ3n) is 2.36. The van der Waals surface area contributed by atoms with Crippen molar-refractivity contribution in [3.63, 3.8) is 0 Å². The highest BCUT2D eigenvalue weighted by Crippen LogP contribution is 2.35. The summed E-state index contributed by atoms with van der Waals surface area (Å²) in [4.78, 5) is 13.7. The maximum atomic E-state index is 10.7. The van der Waals surface area contributed by atoms with E-state index in [9.17, 15) is 4.79 Å². The average molecular weight is 205 g/mol. The number of nitrogens with one attached hydrogen (secondary N) is 1. The van der Waals surface area contributed by atoms with Gasteiger partial charge < -0.3 is 14.5 Å². The fraction of sp³-hybridized carbons (Fsp3) is 0.182. The molecule has 4 nitrogen and oxygen atoms in total. The predicted octanol–water partition coefficient (Wildman–Crippen LogP) is 2.00. The minimum atomic E-state index is 0.614. The first-order chi connectivity index (χ1) is 7.31. The number of hydrogen-bond donors (Lipinski definition) is 1. The van der Waals surface area contributed by atoms with Crippen LogP contribution in [0, 0.1) is 0 Å². The van der Waals surface area contributed by atoms with E-state index in [0.717, 1.165) is 17.2 Å². The number of H-pyrrole nitrogens is 1. The van der Waals surface area contributed by atoms with E-state index in [1.807, 2.05) is 6.07 Å². The summed E-state index contributed by atoms with van der Waals surface area (Å²) in [6.07, 6.45) is 2.46. The Morgan fingerprint density at radius 1 is 1.27 bits per heavy atom. The van der Waals surface area contributed by atoms with Gasteiger partial charge in [-0.3, -0.25) is 4.79 Å². The molecule has 0 amide bonds. The largest absolute Gasteiger partial charge is 0.493 e. The SMILES string of the molecule is COc1ccc2c(C=O)c[nH]c2c1OC. The summed E-state index contributed by atoms with van der Waals surface area (Å²) in [6, 6.07) is 3.61. The van der Waals surface area contributed by atoms with Gasteiger partial charge in [0.2, 0.25) is 0 Å². The van der Waals surface area contributed by atoms with E-state index >= 15 is 0 Å². The summed E-state index contributed by atoms with van der Waals surface area (Å²) in [5.41, 5.74) is 1.39. The lowest BCUT2D eigenvalue weighted by atomic mass is 10.1. The van der Waals surface area contributed by atoms with E-state index in [1.54, 1.807) is 26.5 Å². The Bertz CT molecular complexity index is 502. The number of methoxy groups -OCH3 is 2. The molecule has 1 aromatic heterocycles. The van der Waals surface area contributed by atoms with Gasteiger partial charge in [0.05, 0.1) is 19.7 Å². The lowest BCUT2D eigenvalue weighted by molar-refractivity contribution is 0.112. The molecule has 0 aliphatic rings. The van der Waals surface area contributed by atoms with Gasteiger partial charge in [0.25, 0.3) is 0 Å². The lowest BCUT2D eigenvalue weighted by Gasteiger charge is -2.07. The van der Waals surface area contributed by atoms with E-state index < -0.39 is 0 Å². The van der Waals surface area contributed by atoms with Crippen molar-refractivity contribution in [3.05, 3.63) is 23.9 Å². The van der Waals surface area contributed by atoms with Gasteiger partial charge in [0.15, 0.2) is 17.8 Å². The molecule has 0 saturated carbocycles. The van der Waals surface area contributed by atoms with Gasteiger partial charge in [-0.25, -0.2) is 0 Å². The normalized spacial score (nSPS) is 10.3. The summed E-state index contributed by atoms with van der Waals surface area (Å²) >= 11 is 0. The summed E-state index contributed by atoms with van der Waals surface area (Å²) in [5.74, 6) is 1.26. The molecule has 2 rings (SSSR count). The summed E-state index contributed by atoms with van der Waals surface area (Å²) in [7, 11) is 3.14. The number of fused-ring (bicyclic) bond motifs is 1. The van der Waals surface area contributed by atoms with Crippen molar-refractivity contribution >= 4 is 17.2 Å². The molecule has 2 aromatic rings. The topological polar surface area (TPSA) is 51.3 Å². The minimum Gasteiger partial charge on any atom is -0.493 e. The van der Waals surface area contributed by atoms with Crippen molar-refractivity contribution in [2.45, 2.75) is 0 Å². The average Bonchev–Trinajstić information content (AvgIpc) is 2.70. The molecule has 0 saturated heterocycles. The van der Waals surface area contributed by atoms with Crippen molar-refractivity contribution < 1.29 is 14.3 Å². The zero-order valence-electron chi connectivity index (χ0n) is 8.53. The van der Waals surface area contributed by atoms with Crippen molar-refractivity contribution in [3.8, 4) is 11.5 Å². The Kier molecular flexibility index (Phi) is 2.33. The van der Waals surface area contributed by atoms with Crippen LogP contribution in [0.1, 0.15) is 10.4 Å². The van der Waals surface area contributed by atoms with Gasteiger partial charge in [-0.2, -0.15) is 0 Å². The van der Waals surface area contributed by atoms with Gasteiger partial charge in [-0.05, 0) is 12.1 Å². The quantitative estimate of drug-likeness (QED) is 0.779. The molecule has 0 radical (unpaired) electrons. The van der Waals surface area contributed by atoms with E-state index in [-0.39, 0.29) is 0 Å². The summed E-state index contributed by atoms with van der Waals surface area (Å²) in [6.45, 7) is 0. The number of aromatic nitrogens is 1. The first-order valence-corrected chi connectivity index (χ1v) is 4.49. The van der Waals surface area contributed by atoms with Crippen molar-refractivity contribution in [1.82, 2.24) is 4.98 Å². The van der Waals surface area contributed by atoms with E-state index in [0.29, 0.717) is 17.1 Å². The number of carbonyl (C=O) groups excluding carboxylic acids is 1. The highest BCUT2D eigenvalue weighted by molar-refractivity contribution is 6.00. The van der Waals surface area contributed by atoms with Crippen LogP contribution in [0.15, 0.2) is 18.3 Å². The van der Waals surface area contributed by atoms with Gasteiger partial charge in [-0.1, -0.05) is 0 Å². The smallest absolute Gasteiger partial charge is 0.184 e. The summed E-state index contributed by atoms with van der Waals surface area (Å²) in [5, 5.41) is 0.836. The van der Waals surface area contributed by atoms with E-state index in [4.69, 9.17) is 9.47 Å². The molecule has 0 unspecified atom stereocenters. The van der Waals surface area contributed by atoms with E-state index in [1.165, 1.54) is 0 Å². The first kappa shape index (κ1) is 9.58. The number of benzene rings is 1. The predicted molar refractivity (Wildman–Crippen MR) is 56.8 cm³/mol. The molecule has 0 atom stereocenters. The van der Waals surface area contributed by atoms with E-state index in [2.05, 4.69) is 4.98 Å². The van der Waals surface area contributed by atoms with Gasteiger partial charge in [0, 0.05) is 17.1 Å². The van der Waals surface area contributed by atoms with Crippen LogP contribution in [0.25, 0.3) is 10.9 Å². The van der Waals surface area contributed by atoms with Crippen molar-refractivity contribution in [2.24, 2.45) is 0 Å². The number of carbonyl (C=O) groups is 1. The minimum absolute atomic E-state index is 0.614. The molecule has 15 heavy (non-hydrogen) atoms. The molecular formula is C11H11NO3. The van der Waals surface area contributed by atoms with Gasteiger partial charge in [0.1, 0.15) is 0 Å². The standard InChI is InChI=1S/C11H11NO3/c1-14-9-4-3-8-7(6-13)5-12-10(8)11(9)15-2/h3-6,12H,1-2H3. The molecule has 0 aliphatic carbocycles. The number of hydrogen-bond acceptors (Lipinski definition) is 3. The Hall–Kier alpha value is -1.97. The second-order valence-corrected chi connectivity index (χ2v) is 3.09. The van der Waals surface area contributed by atoms with Crippen LogP contribution < -0.4 is 9.47 Å². The second-order valence-electron chi connectivity index (χ2n) is 3.09. The first-order valence-electron chi connectivity index (χ1n) is 4.49. The third kappa shape index (κ3) is 1.34. The number of aldehydes is 1. The van der Waals surface area contributed by atoms with Crippen LogP contribution in [0.2, 0.25) is 0 Å². The van der Waals surface area contributed by atoms with Gasteiger partial charge >= 0.3 is 0 Å². The number of rotatable bonds is 3. The molecular weight excluding hydrogens is 194 g/mol. The highest BCUT2D eigenvalue weighted by Gasteiger charge is 2.12. The Morgan fingerprint density at radius 2 is 2.07 bits per heavy atom. The maximum absolute atomic E-state index is 10.7. The molecule has 1 aromatic carbocycles. The Balaban J connectivity index is 2.77. The molecule has 0 spiro atoms. The fourth-order valence-electron chi connectivity index (χ4n) is 1.64. The van der Waals surface area contributed by atoms with Crippen molar-refractivity contribution in [2.75, 3.05) is 14.2 Å². The molecule has 1 N–H and O–H groups in total. The van der Waals surface area contributed by atoms with Crippen LogP contribution in [0.3, 0.4) is 0 Å². The molecule has 0 bridgehead atoms. The number of aromatic amines is 1. The molecule has 1 heterocycles. The Morgan fingerprint density at radius 3 is 2.67 bits per heavy atom. The highest BCUT2D eigenvalue weighted by atomic mass is 16.5. The monoisotopic (exact) mass is 205 g/mol. The lowest BCUT2D eigenvalue weighted by Crippen LogP contribution is -1.91.